The molecule has 0 unspecified atom stereocenters. The highest BCUT2D eigenvalue weighted by Crippen LogP contribution is 2.30. The summed E-state index contributed by atoms with van der Waals surface area (Å²) in [5.41, 5.74) is 3.19. The Labute approximate surface area is 64.2 Å². The fourth-order valence-corrected chi connectivity index (χ4v) is 0.623. The average Bonchev–Trinajstić information content (AvgIpc) is 2.30. The van der Waals surface area contributed by atoms with E-state index in [-0.39, 0.29) is 0 Å². The molecule has 0 aromatic carbocycles. The van der Waals surface area contributed by atoms with E-state index in [0.717, 1.165) is 0 Å². The summed E-state index contributed by atoms with van der Waals surface area (Å²) in [7, 11) is 0. The van der Waals surface area contributed by atoms with E-state index in [2.05, 4.69) is 15.1 Å². The van der Waals surface area contributed by atoms with Crippen LogP contribution in [0.1, 0.15) is 16.2 Å². The van der Waals surface area contributed by atoms with Gasteiger partial charge in [-0.15, -0.1) is 0 Å². The molecule has 0 radical (unpaired) electrons. The van der Waals surface area contributed by atoms with Crippen molar-refractivity contribution in [2.24, 2.45) is 5.73 Å². The Morgan fingerprint density at radius 2 is 2.17 bits per heavy atom. The first-order chi connectivity index (χ1) is 5.43. The van der Waals surface area contributed by atoms with Gasteiger partial charge in [0.2, 0.25) is 5.76 Å². The third kappa shape index (κ3) is 1.39. The van der Waals surface area contributed by atoms with Crippen LogP contribution in [0.3, 0.4) is 0 Å². The van der Waals surface area contributed by atoms with Gasteiger partial charge in [-0.1, -0.05) is 0 Å². The van der Waals surface area contributed by atoms with Crippen LogP contribution in [-0.2, 0) is 6.18 Å². The molecule has 1 heterocycles. The standard InChI is InChI=1S/C5H3F3N2O2/c6-5(7,8)3-2(4(9)11)12-1-10-3/h1H,(H2,9,11). The second-order valence-corrected chi connectivity index (χ2v) is 1.89. The molecule has 7 heteroatoms. The number of nitrogens with zero attached hydrogens (tertiary/aromatic N) is 1. The van der Waals surface area contributed by atoms with Gasteiger partial charge in [-0.3, -0.25) is 4.79 Å². The number of hydrogen-bond donors (Lipinski definition) is 1. The molecule has 0 saturated heterocycles. The lowest BCUT2D eigenvalue weighted by molar-refractivity contribution is -0.141. The number of oxazole rings is 1. The monoisotopic (exact) mass is 180 g/mol. The predicted octanol–water partition coefficient (Wildman–Crippen LogP) is 0.792. The first-order valence-corrected chi connectivity index (χ1v) is 2.73. The lowest BCUT2D eigenvalue weighted by Crippen LogP contribution is -2.17. The molecule has 0 aliphatic rings. The summed E-state index contributed by atoms with van der Waals surface area (Å²) >= 11 is 0. The summed E-state index contributed by atoms with van der Waals surface area (Å²) in [4.78, 5) is 13.1. The van der Waals surface area contributed by atoms with Crippen LogP contribution >= 0.6 is 0 Å². The molecule has 2 N–H and O–H groups in total. The molecule has 1 aromatic rings. The van der Waals surface area contributed by atoms with Crippen molar-refractivity contribution in [3.05, 3.63) is 17.8 Å². The maximum atomic E-state index is 11.9. The molecule has 1 amide bonds. The van der Waals surface area contributed by atoms with Gasteiger partial charge < -0.3 is 10.2 Å². The fourth-order valence-electron chi connectivity index (χ4n) is 0.623. The molecule has 4 nitrogen and oxygen atoms in total. The Bertz CT molecular complexity index is 304. The zero-order valence-corrected chi connectivity index (χ0v) is 5.55. The number of alkyl halides is 3. The summed E-state index contributed by atoms with van der Waals surface area (Å²) in [6.45, 7) is 0. The van der Waals surface area contributed by atoms with Crippen LogP contribution in [0.15, 0.2) is 10.8 Å². The van der Waals surface area contributed by atoms with E-state index in [9.17, 15) is 18.0 Å². The van der Waals surface area contributed by atoms with Gasteiger partial charge in [0, 0.05) is 0 Å². The van der Waals surface area contributed by atoms with Crippen LogP contribution < -0.4 is 5.73 Å². The minimum atomic E-state index is -4.71. The quantitative estimate of drug-likeness (QED) is 0.694. The number of rotatable bonds is 1. The summed E-state index contributed by atoms with van der Waals surface area (Å²) in [6, 6.07) is 0. The molecule has 0 bridgehead atoms. The van der Waals surface area contributed by atoms with Gasteiger partial charge in [0.15, 0.2) is 12.1 Å². The number of halogens is 3. The topological polar surface area (TPSA) is 69.1 Å². The summed E-state index contributed by atoms with van der Waals surface area (Å²) < 4.78 is 39.9. The Kier molecular flexibility index (Phi) is 1.79. The molecule has 0 saturated carbocycles. The van der Waals surface area contributed by atoms with Crippen molar-refractivity contribution < 1.29 is 22.4 Å². The maximum Gasteiger partial charge on any atom is 0.437 e. The summed E-state index contributed by atoms with van der Waals surface area (Å²) in [5.74, 6) is -2.26. The van der Waals surface area contributed by atoms with E-state index in [1.807, 2.05) is 0 Å². The fraction of sp³-hybridized carbons (Fsp3) is 0.200. The van der Waals surface area contributed by atoms with Gasteiger partial charge in [0.1, 0.15) is 0 Å². The average molecular weight is 180 g/mol. The van der Waals surface area contributed by atoms with E-state index in [1.165, 1.54) is 0 Å². The number of hydrogen-bond acceptors (Lipinski definition) is 3. The van der Waals surface area contributed by atoms with Crippen molar-refractivity contribution in [1.82, 2.24) is 4.98 Å². The lowest BCUT2D eigenvalue weighted by Gasteiger charge is -2.01. The van der Waals surface area contributed by atoms with Crippen LogP contribution in [0.25, 0.3) is 0 Å². The third-order valence-electron chi connectivity index (χ3n) is 1.06. The van der Waals surface area contributed by atoms with E-state index in [4.69, 9.17) is 0 Å². The van der Waals surface area contributed by atoms with E-state index >= 15 is 0 Å². The molecule has 0 aliphatic heterocycles. The highest BCUT2D eigenvalue weighted by molar-refractivity contribution is 5.91. The second kappa shape index (κ2) is 2.50. The molecule has 0 fully saturated rings. The number of aromatic nitrogens is 1. The number of nitrogens with two attached hydrogens (primary N) is 1. The van der Waals surface area contributed by atoms with Crippen LogP contribution in [-0.4, -0.2) is 10.9 Å². The molecule has 0 atom stereocenters. The zero-order chi connectivity index (χ0) is 9.35. The molecule has 0 spiro atoms. The molecular weight excluding hydrogens is 177 g/mol. The molecule has 1 rings (SSSR count). The first kappa shape index (κ1) is 8.57. The van der Waals surface area contributed by atoms with Crippen LogP contribution in [0.4, 0.5) is 13.2 Å². The molecule has 66 valence electrons. The SMILES string of the molecule is NC(=O)c1ocnc1C(F)(F)F. The molecular formula is C5H3F3N2O2. The lowest BCUT2D eigenvalue weighted by atomic mass is 10.3. The summed E-state index contributed by atoms with van der Waals surface area (Å²) in [6.07, 6.45) is -4.19. The predicted molar refractivity (Wildman–Crippen MR) is 30.0 cm³/mol. The smallest absolute Gasteiger partial charge is 0.437 e. The maximum absolute atomic E-state index is 11.9. The van der Waals surface area contributed by atoms with Crippen molar-refractivity contribution in [2.75, 3.05) is 0 Å². The van der Waals surface area contributed by atoms with Gasteiger partial charge in [0.25, 0.3) is 5.91 Å². The van der Waals surface area contributed by atoms with Crippen molar-refractivity contribution in [1.29, 1.82) is 0 Å². The largest absolute Gasteiger partial charge is 0.438 e. The van der Waals surface area contributed by atoms with Crippen LogP contribution in [0, 0.1) is 0 Å². The highest BCUT2D eigenvalue weighted by Gasteiger charge is 2.39. The number of carbonyl (C=O) groups is 1. The van der Waals surface area contributed by atoms with Crippen LogP contribution in [0.2, 0.25) is 0 Å². The summed E-state index contributed by atoms with van der Waals surface area (Å²) in [5, 5.41) is 0. The minimum Gasteiger partial charge on any atom is -0.438 e. The first-order valence-electron chi connectivity index (χ1n) is 2.73. The van der Waals surface area contributed by atoms with E-state index < -0.39 is 23.5 Å². The minimum absolute atomic E-state index is 0.517. The van der Waals surface area contributed by atoms with Gasteiger partial charge in [0.05, 0.1) is 0 Å². The van der Waals surface area contributed by atoms with Crippen molar-refractivity contribution in [3.8, 4) is 0 Å². The molecule has 12 heavy (non-hydrogen) atoms. The number of carbonyl (C=O) groups excluding carboxylic acids is 1. The highest BCUT2D eigenvalue weighted by atomic mass is 19.4. The van der Waals surface area contributed by atoms with E-state index in [0.29, 0.717) is 6.39 Å². The molecule has 1 aromatic heterocycles. The van der Waals surface area contributed by atoms with Crippen molar-refractivity contribution >= 4 is 5.91 Å². The Balaban J connectivity index is 3.17. The van der Waals surface area contributed by atoms with Gasteiger partial charge in [-0.2, -0.15) is 13.2 Å². The van der Waals surface area contributed by atoms with Gasteiger partial charge >= 0.3 is 6.18 Å². The Hall–Kier alpha value is -1.53. The number of amides is 1. The Morgan fingerprint density at radius 1 is 1.58 bits per heavy atom. The third-order valence-corrected chi connectivity index (χ3v) is 1.06. The number of primary amides is 1. The van der Waals surface area contributed by atoms with Crippen LogP contribution in [0.5, 0.6) is 0 Å². The second-order valence-electron chi connectivity index (χ2n) is 1.89. The zero-order valence-electron chi connectivity index (χ0n) is 5.55. The van der Waals surface area contributed by atoms with Crippen molar-refractivity contribution in [3.63, 3.8) is 0 Å². The Morgan fingerprint density at radius 3 is 2.50 bits per heavy atom. The van der Waals surface area contributed by atoms with Gasteiger partial charge in [-0.05, 0) is 0 Å². The van der Waals surface area contributed by atoms with Crippen molar-refractivity contribution in [2.45, 2.75) is 6.18 Å². The van der Waals surface area contributed by atoms with E-state index in [1.54, 1.807) is 0 Å². The normalized spacial score (nSPS) is 11.6. The van der Waals surface area contributed by atoms with Gasteiger partial charge in [-0.25, -0.2) is 4.98 Å². The molecule has 0 aliphatic carbocycles.